The summed E-state index contributed by atoms with van der Waals surface area (Å²) in [4.78, 5) is 11.8. The first-order valence-electron chi connectivity index (χ1n) is 7.29. The van der Waals surface area contributed by atoms with Crippen LogP contribution in [0.5, 0.6) is 5.75 Å². The number of amides is 1. The van der Waals surface area contributed by atoms with Crippen molar-refractivity contribution in [3.8, 4) is 11.8 Å². The molecule has 5 heteroatoms. The zero-order chi connectivity index (χ0) is 15.2. The SMILES string of the molecule is COc1ccc(C(NC2CCCCC2)C(N)=O)cc1C#N. The minimum atomic E-state index is -0.564. The Kier molecular flexibility index (Phi) is 5.18. The van der Waals surface area contributed by atoms with Gasteiger partial charge in [-0.15, -0.1) is 0 Å². The zero-order valence-electron chi connectivity index (χ0n) is 12.3. The summed E-state index contributed by atoms with van der Waals surface area (Å²) in [7, 11) is 1.52. The van der Waals surface area contributed by atoms with E-state index in [0.29, 0.717) is 22.9 Å². The van der Waals surface area contributed by atoms with Crippen molar-refractivity contribution in [2.45, 2.75) is 44.2 Å². The summed E-state index contributed by atoms with van der Waals surface area (Å²) in [5.74, 6) is 0.0803. The fourth-order valence-corrected chi connectivity index (χ4v) is 2.84. The summed E-state index contributed by atoms with van der Waals surface area (Å²) < 4.78 is 5.12. The predicted molar refractivity (Wildman–Crippen MR) is 79.7 cm³/mol. The molecule has 0 bridgehead atoms. The van der Waals surface area contributed by atoms with Gasteiger partial charge in [0.25, 0.3) is 0 Å². The standard InChI is InChI=1S/C16H21N3O2/c1-21-14-8-7-11(9-12(14)10-17)15(16(18)20)19-13-5-3-2-4-6-13/h7-9,13,15,19H,2-6H2,1H3,(H2,18,20). The summed E-state index contributed by atoms with van der Waals surface area (Å²) in [5.41, 5.74) is 6.65. The van der Waals surface area contributed by atoms with E-state index in [0.717, 1.165) is 12.8 Å². The van der Waals surface area contributed by atoms with E-state index in [1.165, 1.54) is 26.4 Å². The third-order valence-corrected chi connectivity index (χ3v) is 3.97. The number of nitrogens with zero attached hydrogens (tertiary/aromatic N) is 1. The second kappa shape index (κ2) is 7.09. The van der Waals surface area contributed by atoms with Gasteiger partial charge in [0.05, 0.1) is 12.7 Å². The predicted octanol–water partition coefficient (Wildman–Crippen LogP) is 2.02. The Bertz CT molecular complexity index is 545. The van der Waals surface area contributed by atoms with Gasteiger partial charge in [-0.25, -0.2) is 0 Å². The van der Waals surface area contributed by atoms with E-state index in [-0.39, 0.29) is 0 Å². The van der Waals surface area contributed by atoms with E-state index in [2.05, 4.69) is 11.4 Å². The second-order valence-electron chi connectivity index (χ2n) is 5.41. The van der Waals surface area contributed by atoms with E-state index in [4.69, 9.17) is 15.7 Å². The maximum atomic E-state index is 11.8. The number of nitriles is 1. The zero-order valence-corrected chi connectivity index (χ0v) is 12.3. The summed E-state index contributed by atoms with van der Waals surface area (Å²) in [5, 5.41) is 12.5. The van der Waals surface area contributed by atoms with Gasteiger partial charge in [0.15, 0.2) is 0 Å². The Balaban J connectivity index is 2.21. The molecule has 0 heterocycles. The molecule has 1 fully saturated rings. The summed E-state index contributed by atoms with van der Waals surface area (Å²) in [6.45, 7) is 0. The van der Waals surface area contributed by atoms with E-state index in [1.807, 2.05) is 0 Å². The van der Waals surface area contributed by atoms with Crippen LogP contribution in [0.25, 0.3) is 0 Å². The van der Waals surface area contributed by atoms with Crippen LogP contribution in [0.1, 0.15) is 49.3 Å². The summed E-state index contributed by atoms with van der Waals surface area (Å²) in [6.07, 6.45) is 5.72. The third kappa shape index (κ3) is 3.73. The van der Waals surface area contributed by atoms with Crippen LogP contribution in [0, 0.1) is 11.3 Å². The van der Waals surface area contributed by atoms with Crippen LogP contribution in [0.3, 0.4) is 0 Å². The number of hydrogen-bond acceptors (Lipinski definition) is 4. The molecular formula is C16H21N3O2. The smallest absolute Gasteiger partial charge is 0.239 e. The molecule has 3 N–H and O–H groups in total. The molecule has 1 atom stereocenters. The van der Waals surface area contributed by atoms with Crippen LogP contribution in [0.2, 0.25) is 0 Å². The van der Waals surface area contributed by atoms with Gasteiger partial charge in [0, 0.05) is 6.04 Å². The van der Waals surface area contributed by atoms with Crippen molar-refractivity contribution >= 4 is 5.91 Å². The second-order valence-corrected chi connectivity index (χ2v) is 5.41. The lowest BCUT2D eigenvalue weighted by Crippen LogP contribution is -2.41. The lowest BCUT2D eigenvalue weighted by Gasteiger charge is -2.27. The molecule has 21 heavy (non-hydrogen) atoms. The largest absolute Gasteiger partial charge is 0.495 e. The van der Waals surface area contributed by atoms with Gasteiger partial charge in [0.1, 0.15) is 17.9 Å². The lowest BCUT2D eigenvalue weighted by atomic mass is 9.93. The normalized spacial score (nSPS) is 17.0. The van der Waals surface area contributed by atoms with Gasteiger partial charge in [-0.1, -0.05) is 25.3 Å². The highest BCUT2D eigenvalue weighted by Crippen LogP contribution is 2.25. The number of benzene rings is 1. The van der Waals surface area contributed by atoms with Crippen molar-refractivity contribution in [1.29, 1.82) is 5.26 Å². The van der Waals surface area contributed by atoms with Crippen LogP contribution in [-0.2, 0) is 4.79 Å². The maximum Gasteiger partial charge on any atom is 0.239 e. The number of ether oxygens (including phenoxy) is 1. The van der Waals surface area contributed by atoms with Crippen molar-refractivity contribution < 1.29 is 9.53 Å². The molecule has 1 aliphatic carbocycles. The molecule has 0 spiro atoms. The lowest BCUT2D eigenvalue weighted by molar-refractivity contribution is -0.120. The first kappa shape index (κ1) is 15.3. The van der Waals surface area contributed by atoms with Crippen LogP contribution < -0.4 is 15.8 Å². The van der Waals surface area contributed by atoms with Gasteiger partial charge < -0.3 is 10.5 Å². The van der Waals surface area contributed by atoms with Gasteiger partial charge in [-0.05, 0) is 30.5 Å². The van der Waals surface area contributed by atoms with E-state index < -0.39 is 11.9 Å². The molecule has 1 unspecified atom stereocenters. The highest BCUT2D eigenvalue weighted by Gasteiger charge is 2.23. The molecular weight excluding hydrogens is 266 g/mol. The fraction of sp³-hybridized carbons (Fsp3) is 0.500. The van der Waals surface area contributed by atoms with E-state index >= 15 is 0 Å². The molecule has 5 nitrogen and oxygen atoms in total. The van der Waals surface area contributed by atoms with Gasteiger partial charge in [-0.2, -0.15) is 5.26 Å². The third-order valence-electron chi connectivity index (χ3n) is 3.97. The van der Waals surface area contributed by atoms with E-state index in [1.54, 1.807) is 18.2 Å². The molecule has 1 saturated carbocycles. The van der Waals surface area contributed by atoms with Crippen molar-refractivity contribution in [1.82, 2.24) is 5.32 Å². The number of primary amides is 1. The molecule has 2 rings (SSSR count). The van der Waals surface area contributed by atoms with Crippen molar-refractivity contribution in [2.75, 3.05) is 7.11 Å². The number of nitrogens with two attached hydrogens (primary N) is 1. The average Bonchev–Trinajstić information content (AvgIpc) is 2.52. The summed E-state index contributed by atoms with van der Waals surface area (Å²) in [6, 6.07) is 6.98. The van der Waals surface area contributed by atoms with Crippen molar-refractivity contribution in [3.63, 3.8) is 0 Å². The van der Waals surface area contributed by atoms with Crippen LogP contribution in [-0.4, -0.2) is 19.1 Å². The molecule has 1 aromatic carbocycles. The quantitative estimate of drug-likeness (QED) is 0.867. The van der Waals surface area contributed by atoms with Gasteiger partial charge >= 0.3 is 0 Å². The molecule has 1 aliphatic rings. The number of methoxy groups -OCH3 is 1. The minimum absolute atomic E-state index is 0.309. The number of carbonyl (C=O) groups is 1. The Morgan fingerprint density at radius 3 is 2.71 bits per heavy atom. The molecule has 0 saturated heterocycles. The Morgan fingerprint density at radius 1 is 1.43 bits per heavy atom. The average molecular weight is 287 g/mol. The molecule has 1 amide bonds. The molecule has 0 radical (unpaired) electrons. The Labute approximate surface area is 125 Å². The topological polar surface area (TPSA) is 88.1 Å². The van der Waals surface area contributed by atoms with E-state index in [9.17, 15) is 4.79 Å². The Morgan fingerprint density at radius 2 is 2.14 bits per heavy atom. The minimum Gasteiger partial charge on any atom is -0.495 e. The number of carbonyl (C=O) groups excluding carboxylic acids is 1. The first-order valence-corrected chi connectivity index (χ1v) is 7.29. The number of hydrogen-bond donors (Lipinski definition) is 2. The van der Waals surface area contributed by atoms with Gasteiger partial charge in [-0.3, -0.25) is 10.1 Å². The molecule has 112 valence electrons. The molecule has 0 aliphatic heterocycles. The number of nitrogens with one attached hydrogen (secondary N) is 1. The van der Waals surface area contributed by atoms with Crippen LogP contribution >= 0.6 is 0 Å². The van der Waals surface area contributed by atoms with Gasteiger partial charge in [0.2, 0.25) is 5.91 Å². The Hall–Kier alpha value is -2.06. The molecule has 1 aromatic rings. The summed E-state index contributed by atoms with van der Waals surface area (Å²) >= 11 is 0. The number of rotatable bonds is 5. The van der Waals surface area contributed by atoms with Crippen LogP contribution in [0.15, 0.2) is 18.2 Å². The highest BCUT2D eigenvalue weighted by atomic mass is 16.5. The van der Waals surface area contributed by atoms with Crippen LogP contribution in [0.4, 0.5) is 0 Å². The fourth-order valence-electron chi connectivity index (χ4n) is 2.84. The van der Waals surface area contributed by atoms with Crippen molar-refractivity contribution in [3.05, 3.63) is 29.3 Å². The van der Waals surface area contributed by atoms with Crippen molar-refractivity contribution in [2.24, 2.45) is 5.73 Å². The first-order chi connectivity index (χ1) is 10.2. The molecule has 0 aromatic heterocycles. The maximum absolute atomic E-state index is 11.8. The monoisotopic (exact) mass is 287 g/mol. The highest BCUT2D eigenvalue weighted by molar-refractivity contribution is 5.81.